The van der Waals surface area contributed by atoms with Crippen LogP contribution in [0.2, 0.25) is 0 Å². The smallest absolute Gasteiger partial charge is 0.105 e. The van der Waals surface area contributed by atoms with E-state index in [-0.39, 0.29) is 19.3 Å². The highest BCUT2D eigenvalue weighted by Gasteiger charge is 2.22. The van der Waals surface area contributed by atoms with E-state index < -0.39 is 0 Å². The van der Waals surface area contributed by atoms with Crippen molar-refractivity contribution < 1.29 is 9.50 Å². The fraction of sp³-hybridized carbons (Fsp3) is 1.00. The topological polar surface area (TPSA) is 23.5 Å². The van der Waals surface area contributed by atoms with Gasteiger partial charge in [0.15, 0.2) is 0 Å². The Labute approximate surface area is 60.6 Å². The Kier molecular flexibility index (Phi) is 3.09. The van der Waals surface area contributed by atoms with E-state index in [4.69, 9.17) is 5.11 Å². The Morgan fingerprint density at radius 2 is 2.40 bits per heavy atom. The van der Waals surface area contributed by atoms with E-state index in [1.54, 1.807) is 0 Å². The standard InChI is InChI=1S/C7H14FNO/c8-6-7-2-1-3-9(7)4-5-10/h7,10H,1-6H2. The number of aliphatic hydroxyl groups excluding tert-OH is 1. The van der Waals surface area contributed by atoms with Crippen molar-refractivity contribution in [2.75, 3.05) is 26.4 Å². The van der Waals surface area contributed by atoms with E-state index in [1.165, 1.54) is 0 Å². The molecule has 1 rings (SSSR count). The third-order valence-electron chi connectivity index (χ3n) is 2.06. The molecule has 0 aliphatic carbocycles. The quantitative estimate of drug-likeness (QED) is 0.625. The number of hydrogen-bond donors (Lipinski definition) is 1. The molecular formula is C7H14FNO. The van der Waals surface area contributed by atoms with Gasteiger partial charge >= 0.3 is 0 Å². The van der Waals surface area contributed by atoms with Gasteiger partial charge in [-0.25, -0.2) is 4.39 Å². The molecule has 1 aliphatic heterocycles. The van der Waals surface area contributed by atoms with Gasteiger partial charge in [0.25, 0.3) is 0 Å². The average molecular weight is 147 g/mol. The zero-order chi connectivity index (χ0) is 7.40. The molecule has 0 amide bonds. The summed E-state index contributed by atoms with van der Waals surface area (Å²) < 4.78 is 12.1. The van der Waals surface area contributed by atoms with Crippen LogP contribution < -0.4 is 0 Å². The third kappa shape index (κ3) is 1.67. The van der Waals surface area contributed by atoms with Crippen molar-refractivity contribution in [3.05, 3.63) is 0 Å². The Bertz CT molecular complexity index is 99.6. The second kappa shape index (κ2) is 3.88. The van der Waals surface area contributed by atoms with E-state index in [0.29, 0.717) is 6.54 Å². The predicted octanol–water partition coefficient (Wildman–Crippen LogP) is 0.413. The highest BCUT2D eigenvalue weighted by molar-refractivity contribution is 4.77. The summed E-state index contributed by atoms with van der Waals surface area (Å²) in [5.74, 6) is 0. The Morgan fingerprint density at radius 1 is 1.60 bits per heavy atom. The van der Waals surface area contributed by atoms with Gasteiger partial charge in [-0.1, -0.05) is 0 Å². The van der Waals surface area contributed by atoms with Crippen LogP contribution in [0, 0.1) is 0 Å². The SMILES string of the molecule is OCCN1CCCC1CF. The number of halogens is 1. The van der Waals surface area contributed by atoms with Gasteiger partial charge in [0.2, 0.25) is 0 Å². The zero-order valence-corrected chi connectivity index (χ0v) is 6.09. The van der Waals surface area contributed by atoms with Gasteiger partial charge in [0.1, 0.15) is 6.67 Å². The Hall–Kier alpha value is -0.150. The van der Waals surface area contributed by atoms with Crippen molar-refractivity contribution >= 4 is 0 Å². The molecule has 1 aliphatic rings. The zero-order valence-electron chi connectivity index (χ0n) is 6.09. The van der Waals surface area contributed by atoms with Crippen molar-refractivity contribution in [2.24, 2.45) is 0 Å². The molecule has 3 heteroatoms. The number of alkyl halides is 1. The lowest BCUT2D eigenvalue weighted by Crippen LogP contribution is -2.33. The lowest BCUT2D eigenvalue weighted by atomic mass is 10.2. The van der Waals surface area contributed by atoms with Crippen molar-refractivity contribution in [1.29, 1.82) is 0 Å². The first-order chi connectivity index (χ1) is 4.88. The Morgan fingerprint density at radius 3 is 3.00 bits per heavy atom. The van der Waals surface area contributed by atoms with E-state index in [1.807, 2.05) is 4.90 Å². The van der Waals surface area contributed by atoms with Crippen molar-refractivity contribution in [3.8, 4) is 0 Å². The first-order valence-corrected chi connectivity index (χ1v) is 3.79. The van der Waals surface area contributed by atoms with E-state index in [9.17, 15) is 4.39 Å². The van der Waals surface area contributed by atoms with Crippen LogP contribution in [-0.4, -0.2) is 42.4 Å². The summed E-state index contributed by atoms with van der Waals surface area (Å²) in [5, 5.41) is 8.58. The fourth-order valence-corrected chi connectivity index (χ4v) is 1.49. The molecule has 0 aromatic heterocycles. The summed E-state index contributed by atoms with van der Waals surface area (Å²) in [6.07, 6.45) is 2.03. The number of nitrogens with zero attached hydrogens (tertiary/aromatic N) is 1. The lowest BCUT2D eigenvalue weighted by molar-refractivity contribution is 0.166. The molecule has 0 aromatic rings. The molecule has 60 valence electrons. The highest BCUT2D eigenvalue weighted by atomic mass is 19.1. The molecule has 1 saturated heterocycles. The average Bonchev–Trinajstić information content (AvgIpc) is 2.36. The predicted molar refractivity (Wildman–Crippen MR) is 37.7 cm³/mol. The molecule has 10 heavy (non-hydrogen) atoms. The first kappa shape index (κ1) is 7.95. The molecule has 1 heterocycles. The molecule has 1 N–H and O–H groups in total. The Balaban J connectivity index is 2.27. The van der Waals surface area contributed by atoms with Gasteiger partial charge in [0.05, 0.1) is 6.61 Å². The first-order valence-electron chi connectivity index (χ1n) is 3.79. The van der Waals surface area contributed by atoms with Crippen LogP contribution in [0.1, 0.15) is 12.8 Å². The molecule has 0 radical (unpaired) electrons. The van der Waals surface area contributed by atoms with Gasteiger partial charge in [-0.05, 0) is 19.4 Å². The number of likely N-dealkylation sites (tertiary alicyclic amines) is 1. The maximum absolute atomic E-state index is 12.1. The minimum absolute atomic E-state index is 0.0900. The molecule has 1 unspecified atom stereocenters. The fourth-order valence-electron chi connectivity index (χ4n) is 1.49. The maximum atomic E-state index is 12.1. The van der Waals surface area contributed by atoms with Gasteiger partial charge in [-0.3, -0.25) is 4.90 Å². The molecule has 0 saturated carbocycles. The van der Waals surface area contributed by atoms with Crippen LogP contribution >= 0.6 is 0 Å². The molecular weight excluding hydrogens is 133 g/mol. The van der Waals surface area contributed by atoms with Crippen LogP contribution in [0.4, 0.5) is 4.39 Å². The molecule has 1 fully saturated rings. The van der Waals surface area contributed by atoms with Gasteiger partial charge < -0.3 is 5.11 Å². The van der Waals surface area contributed by atoms with Gasteiger partial charge in [-0.15, -0.1) is 0 Å². The molecule has 2 nitrogen and oxygen atoms in total. The van der Waals surface area contributed by atoms with Crippen molar-refractivity contribution in [3.63, 3.8) is 0 Å². The van der Waals surface area contributed by atoms with E-state index in [2.05, 4.69) is 0 Å². The minimum atomic E-state index is -0.264. The summed E-state index contributed by atoms with van der Waals surface area (Å²) in [6, 6.07) is 0.0900. The van der Waals surface area contributed by atoms with Crippen LogP contribution in [0.25, 0.3) is 0 Å². The number of β-amino-alcohol motifs (C(OH)–C–C–N with tert-alkyl or cyclic N) is 1. The normalized spacial score (nSPS) is 27.6. The number of hydrogen-bond acceptors (Lipinski definition) is 2. The maximum Gasteiger partial charge on any atom is 0.105 e. The van der Waals surface area contributed by atoms with Gasteiger partial charge in [0, 0.05) is 12.6 Å². The summed E-state index contributed by atoms with van der Waals surface area (Å²) in [7, 11) is 0. The lowest BCUT2D eigenvalue weighted by Gasteiger charge is -2.19. The van der Waals surface area contributed by atoms with E-state index >= 15 is 0 Å². The largest absolute Gasteiger partial charge is 0.395 e. The third-order valence-corrected chi connectivity index (χ3v) is 2.06. The van der Waals surface area contributed by atoms with Gasteiger partial charge in [-0.2, -0.15) is 0 Å². The summed E-state index contributed by atoms with van der Waals surface area (Å²) in [5.41, 5.74) is 0. The molecule has 0 spiro atoms. The summed E-state index contributed by atoms with van der Waals surface area (Å²) >= 11 is 0. The van der Waals surface area contributed by atoms with Crippen molar-refractivity contribution in [1.82, 2.24) is 4.90 Å². The van der Waals surface area contributed by atoms with Crippen LogP contribution in [0.3, 0.4) is 0 Å². The molecule has 0 aromatic carbocycles. The van der Waals surface area contributed by atoms with Crippen LogP contribution in [0.15, 0.2) is 0 Å². The van der Waals surface area contributed by atoms with E-state index in [0.717, 1.165) is 19.4 Å². The van der Waals surface area contributed by atoms with Crippen LogP contribution in [-0.2, 0) is 0 Å². The monoisotopic (exact) mass is 147 g/mol. The molecule has 1 atom stereocenters. The summed E-state index contributed by atoms with van der Waals surface area (Å²) in [4.78, 5) is 2.01. The van der Waals surface area contributed by atoms with Crippen molar-refractivity contribution in [2.45, 2.75) is 18.9 Å². The molecule has 0 bridgehead atoms. The number of aliphatic hydroxyl groups is 1. The van der Waals surface area contributed by atoms with Crippen LogP contribution in [0.5, 0.6) is 0 Å². The number of rotatable bonds is 3. The highest BCUT2D eigenvalue weighted by Crippen LogP contribution is 2.16. The summed E-state index contributed by atoms with van der Waals surface area (Å²) in [6.45, 7) is 1.47. The second-order valence-corrected chi connectivity index (χ2v) is 2.71. The minimum Gasteiger partial charge on any atom is -0.395 e. The second-order valence-electron chi connectivity index (χ2n) is 2.71.